The molecule has 1 heteroatoms. The van der Waals surface area contributed by atoms with E-state index >= 15 is 0 Å². The Bertz CT molecular complexity index is 54.7. The van der Waals surface area contributed by atoms with Crippen LogP contribution in [0.4, 0.5) is 0 Å². The molecule has 1 nitrogen and oxygen atoms in total. The molecule has 0 saturated carbocycles. The predicted molar refractivity (Wildman–Crippen MR) is 22.8 cm³/mol. The van der Waals surface area contributed by atoms with Crippen LogP contribution >= 0.6 is 0 Å². The van der Waals surface area contributed by atoms with Gasteiger partial charge >= 0.3 is 5.78 Å². The predicted octanol–water partition coefficient (Wildman–Crippen LogP) is 0.737. The van der Waals surface area contributed by atoms with Crippen molar-refractivity contribution in [3.63, 3.8) is 0 Å². The Hall–Kier alpha value is -0.590. The lowest BCUT2D eigenvalue weighted by Crippen LogP contribution is -1.75. The summed E-state index contributed by atoms with van der Waals surface area (Å²) in [6.07, 6.45) is 1.39. The lowest BCUT2D eigenvalue weighted by Gasteiger charge is -1.53. The minimum atomic E-state index is 0.269. The van der Waals surface area contributed by atoms with Crippen molar-refractivity contribution < 1.29 is 4.79 Å². The van der Waals surface area contributed by atoms with Gasteiger partial charge in [-0.3, -0.25) is 4.79 Å². The molecule has 0 unspecified atom stereocenters. The fraction of sp³-hybridized carbons (Fsp3) is 0.250. The molecular weight excluding hydrogens is 64.0 g/mol. The largest absolute Gasteiger partial charge is 0.312 e. The van der Waals surface area contributed by atoms with Crippen LogP contribution in [-0.2, 0) is 0 Å². The van der Waals surface area contributed by atoms with Gasteiger partial charge in [0.1, 0.15) is 0 Å². The van der Waals surface area contributed by atoms with Crippen LogP contribution in [-0.4, -0.2) is 10.6 Å². The molecule has 0 radical (unpaired) electrons. The van der Waals surface area contributed by atoms with E-state index in [2.05, 4.69) is 6.58 Å². The monoisotopic (exact) mass is 71.0 g/mol. The van der Waals surface area contributed by atoms with Crippen LogP contribution in [0.5, 0.6) is 0 Å². The zero-order chi connectivity index (χ0) is 4.28. The highest BCUT2D eigenvalue weighted by atomic mass is 16.1. The molecule has 0 rings (SSSR count). The number of ketones is 1. The lowest BCUT2D eigenvalue weighted by molar-refractivity contribution is 0.677. The van der Waals surface area contributed by atoms with Crippen molar-refractivity contribution in [3.05, 3.63) is 12.7 Å². The first-order valence-corrected chi connectivity index (χ1v) is 1.42. The molecule has 0 aromatic rings. The highest BCUT2D eigenvalue weighted by molar-refractivity contribution is 5.87. The van der Waals surface area contributed by atoms with Gasteiger partial charge in [0.2, 0.25) is 0 Å². The molecule has 28 valence electrons. The summed E-state index contributed by atoms with van der Waals surface area (Å²) in [7, 11) is 0. The molecule has 0 bridgehead atoms. The summed E-state index contributed by atoms with van der Waals surface area (Å²) in [6.45, 7) is 4.85. The molecule has 0 fully saturated rings. The van der Waals surface area contributed by atoms with Gasteiger partial charge in [0.05, 0.1) is 6.92 Å². The van der Waals surface area contributed by atoms with Gasteiger partial charge in [-0.05, 0) is 0 Å². The van der Waals surface area contributed by atoms with Crippen molar-refractivity contribution in [1.82, 2.24) is 0 Å². The van der Waals surface area contributed by atoms with E-state index < -0.39 is 0 Å². The standard InChI is InChI=1S/C4H6O/c1-3-4(2)5/h3H,1H2,2H3/p+1. The van der Waals surface area contributed by atoms with Crippen molar-refractivity contribution in [2.75, 3.05) is 0 Å². The Balaban J connectivity index is 3.20. The van der Waals surface area contributed by atoms with Gasteiger partial charge in [-0.2, -0.15) is 0 Å². The first-order valence-electron chi connectivity index (χ1n) is 1.42. The fourth-order valence-corrected chi connectivity index (χ4v) is 0. The third-order valence-electron chi connectivity index (χ3n) is 0.295. The molecule has 0 saturated heterocycles. The normalized spacial score (nSPS) is 6.60. The molecular formula is C4H7O+. The van der Waals surface area contributed by atoms with Crippen molar-refractivity contribution in [1.29, 1.82) is 0 Å². The number of hydrogen-bond acceptors (Lipinski definition) is 0. The molecule has 5 heavy (non-hydrogen) atoms. The summed E-state index contributed by atoms with van der Waals surface area (Å²) in [4.78, 5) is 8.16. The van der Waals surface area contributed by atoms with Crippen molar-refractivity contribution in [2.45, 2.75) is 6.92 Å². The van der Waals surface area contributed by atoms with E-state index in [0.717, 1.165) is 0 Å². The van der Waals surface area contributed by atoms with E-state index in [-0.39, 0.29) is 5.78 Å². The minimum Gasteiger partial charge on any atom is -0.279 e. The van der Waals surface area contributed by atoms with Crippen molar-refractivity contribution >= 4 is 5.78 Å². The molecule has 0 aliphatic carbocycles. The first kappa shape index (κ1) is 4.41. The van der Waals surface area contributed by atoms with Crippen molar-refractivity contribution in [3.8, 4) is 0 Å². The van der Waals surface area contributed by atoms with Crippen LogP contribution in [0.2, 0.25) is 0 Å². The highest BCUT2D eigenvalue weighted by Crippen LogP contribution is 1.60. The Labute approximate surface area is 31.3 Å². The number of hydrogen-bond donors (Lipinski definition) is 0. The van der Waals surface area contributed by atoms with E-state index in [1.807, 2.05) is 0 Å². The average Bonchev–Trinajstić information content (AvgIpc) is 1.38. The smallest absolute Gasteiger partial charge is 0.279 e. The van der Waals surface area contributed by atoms with E-state index in [1.165, 1.54) is 6.08 Å². The molecule has 1 N–H and O–H groups in total. The molecule has 0 aromatic carbocycles. The maximum atomic E-state index is 8.16. The third-order valence-corrected chi connectivity index (χ3v) is 0.295. The lowest BCUT2D eigenvalue weighted by atomic mass is 10.5. The van der Waals surface area contributed by atoms with Gasteiger partial charge < -0.3 is 0 Å². The second-order valence-electron chi connectivity index (χ2n) is 0.846. The Morgan fingerprint density at radius 3 is 2.20 bits per heavy atom. The SMILES string of the molecule is C=CC(C)=[OH+]. The fourth-order valence-electron chi connectivity index (χ4n) is 0. The van der Waals surface area contributed by atoms with Crippen LogP contribution in [0.25, 0.3) is 0 Å². The van der Waals surface area contributed by atoms with Crippen LogP contribution in [0.15, 0.2) is 12.7 Å². The number of carbonyl (C=O) groups excluding carboxylic acids is 1. The second kappa shape index (κ2) is 1.70. The first-order chi connectivity index (χ1) is 2.27. The topological polar surface area (TPSA) is 21.4 Å². The highest BCUT2D eigenvalue weighted by Gasteiger charge is 1.80. The van der Waals surface area contributed by atoms with Crippen LogP contribution in [0.1, 0.15) is 6.92 Å². The summed E-state index contributed by atoms with van der Waals surface area (Å²) >= 11 is 0. The zero-order valence-electron chi connectivity index (χ0n) is 3.23. The van der Waals surface area contributed by atoms with Gasteiger partial charge in [-0.1, -0.05) is 6.58 Å². The average molecular weight is 71.1 g/mol. The van der Waals surface area contributed by atoms with Crippen molar-refractivity contribution in [2.24, 2.45) is 0 Å². The minimum absolute atomic E-state index is 0.269. The van der Waals surface area contributed by atoms with Gasteiger partial charge in [-0.25, -0.2) is 0 Å². The van der Waals surface area contributed by atoms with E-state index in [9.17, 15) is 0 Å². The molecule has 0 heterocycles. The number of rotatable bonds is 1. The summed E-state index contributed by atoms with van der Waals surface area (Å²) in [5.74, 6) is 0.269. The summed E-state index contributed by atoms with van der Waals surface area (Å²) < 4.78 is 0. The summed E-state index contributed by atoms with van der Waals surface area (Å²) in [6, 6.07) is 0. The van der Waals surface area contributed by atoms with Crippen LogP contribution in [0, 0.1) is 0 Å². The quantitative estimate of drug-likeness (QED) is 0.321. The van der Waals surface area contributed by atoms with Gasteiger partial charge in [-0.15, -0.1) is 0 Å². The Morgan fingerprint density at radius 2 is 2.20 bits per heavy atom. The van der Waals surface area contributed by atoms with Crippen LogP contribution < -0.4 is 0 Å². The summed E-state index contributed by atoms with van der Waals surface area (Å²) in [5.41, 5.74) is 0. The van der Waals surface area contributed by atoms with E-state index in [4.69, 9.17) is 4.79 Å². The molecule has 0 aliphatic heterocycles. The maximum absolute atomic E-state index is 8.16. The van der Waals surface area contributed by atoms with E-state index in [1.54, 1.807) is 6.92 Å². The molecule has 0 aliphatic rings. The zero-order valence-corrected chi connectivity index (χ0v) is 3.23. The number of allylic oxidation sites excluding steroid dienone is 1. The second-order valence-corrected chi connectivity index (χ2v) is 0.846. The molecule has 0 spiro atoms. The Morgan fingerprint density at radius 1 is 2.00 bits per heavy atom. The summed E-state index contributed by atoms with van der Waals surface area (Å²) in [5, 5.41) is 0. The molecule has 0 amide bonds. The maximum Gasteiger partial charge on any atom is 0.312 e. The van der Waals surface area contributed by atoms with Gasteiger partial charge in [0, 0.05) is 6.08 Å². The molecule has 0 aromatic heterocycles. The van der Waals surface area contributed by atoms with Crippen LogP contribution in [0.3, 0.4) is 0 Å². The third kappa shape index (κ3) is 3.41. The Kier molecular flexibility index (Phi) is 1.50. The van der Waals surface area contributed by atoms with Gasteiger partial charge in [0.15, 0.2) is 0 Å². The van der Waals surface area contributed by atoms with Gasteiger partial charge in [0.25, 0.3) is 0 Å². The van der Waals surface area contributed by atoms with E-state index in [0.29, 0.717) is 0 Å². The molecule has 0 atom stereocenters.